The van der Waals surface area contributed by atoms with Gasteiger partial charge in [0.25, 0.3) is 0 Å². The molecule has 0 N–H and O–H groups in total. The van der Waals surface area contributed by atoms with Crippen molar-refractivity contribution in [2.45, 2.75) is 47.0 Å². The van der Waals surface area contributed by atoms with Gasteiger partial charge in [-0.05, 0) is 43.4 Å². The van der Waals surface area contributed by atoms with Crippen LogP contribution in [0.1, 0.15) is 45.7 Å². The molecule has 0 heterocycles. The first kappa shape index (κ1) is 18.8. The molecule has 0 amide bonds. The number of hydrogen-bond acceptors (Lipinski definition) is 6. The first-order chi connectivity index (χ1) is 10.7. The second-order valence-electron chi connectivity index (χ2n) is 5.94. The number of hydrogen-bond donors (Lipinski definition) is 0. The predicted molar refractivity (Wildman–Crippen MR) is 85.2 cm³/mol. The molecule has 0 spiro atoms. The van der Waals surface area contributed by atoms with Crippen LogP contribution >= 0.6 is 0 Å². The van der Waals surface area contributed by atoms with E-state index in [0.717, 1.165) is 5.56 Å². The van der Waals surface area contributed by atoms with Gasteiger partial charge >= 0.3 is 12.3 Å². The molecular formula is C17H24O6. The molecule has 128 valence electrons. The van der Waals surface area contributed by atoms with Crippen molar-refractivity contribution in [3.8, 4) is 11.5 Å². The summed E-state index contributed by atoms with van der Waals surface area (Å²) in [6.45, 7) is 11.6. The summed E-state index contributed by atoms with van der Waals surface area (Å²) in [4.78, 5) is 23.2. The molecule has 1 aromatic rings. The lowest BCUT2D eigenvalue weighted by Crippen LogP contribution is -2.17. The summed E-state index contributed by atoms with van der Waals surface area (Å²) < 4.78 is 19.9. The molecule has 0 unspecified atom stereocenters. The average molecular weight is 324 g/mol. The number of ether oxygens (including phenoxy) is 4. The molecule has 0 aromatic heterocycles. The highest BCUT2D eigenvalue weighted by molar-refractivity contribution is 5.70. The molecule has 0 aliphatic rings. The molecular weight excluding hydrogens is 300 g/mol. The maximum absolute atomic E-state index is 11.6. The van der Waals surface area contributed by atoms with Gasteiger partial charge in [-0.2, -0.15) is 0 Å². The van der Waals surface area contributed by atoms with Crippen molar-refractivity contribution in [1.29, 1.82) is 0 Å². The van der Waals surface area contributed by atoms with Gasteiger partial charge in [0.05, 0.1) is 13.2 Å². The third-order valence-corrected chi connectivity index (χ3v) is 3.01. The SMILES string of the molecule is CCOC(=O)Oc1cc(C(C)(C)C)cc(C)c1OC(=O)OCC. The first-order valence-corrected chi connectivity index (χ1v) is 7.53. The lowest BCUT2D eigenvalue weighted by molar-refractivity contribution is 0.0937. The van der Waals surface area contributed by atoms with Gasteiger partial charge in [0.15, 0.2) is 11.5 Å². The normalized spacial score (nSPS) is 10.9. The Bertz CT molecular complexity index is 571. The quantitative estimate of drug-likeness (QED) is 0.605. The molecule has 0 bridgehead atoms. The number of rotatable bonds is 4. The van der Waals surface area contributed by atoms with Crippen molar-refractivity contribution >= 4 is 12.3 Å². The van der Waals surface area contributed by atoms with Gasteiger partial charge in [-0.3, -0.25) is 0 Å². The molecule has 0 aliphatic heterocycles. The number of carbonyl (C=O) groups is 2. The Labute approximate surface area is 136 Å². The van der Waals surface area contributed by atoms with E-state index in [1.165, 1.54) is 0 Å². The van der Waals surface area contributed by atoms with E-state index in [1.54, 1.807) is 26.8 Å². The van der Waals surface area contributed by atoms with Gasteiger partial charge in [0.2, 0.25) is 0 Å². The fourth-order valence-corrected chi connectivity index (χ4v) is 1.85. The van der Waals surface area contributed by atoms with E-state index in [1.807, 2.05) is 26.8 Å². The molecule has 1 aromatic carbocycles. The highest BCUT2D eigenvalue weighted by Crippen LogP contribution is 2.37. The summed E-state index contributed by atoms with van der Waals surface area (Å²) in [7, 11) is 0. The van der Waals surface area contributed by atoms with Crippen LogP contribution in [0.3, 0.4) is 0 Å². The second kappa shape index (κ2) is 7.85. The van der Waals surface area contributed by atoms with E-state index in [9.17, 15) is 9.59 Å². The Balaban J connectivity index is 3.24. The van der Waals surface area contributed by atoms with Gasteiger partial charge in [0.1, 0.15) is 0 Å². The smallest absolute Gasteiger partial charge is 0.434 e. The zero-order valence-corrected chi connectivity index (χ0v) is 14.5. The van der Waals surface area contributed by atoms with Crippen molar-refractivity contribution in [3.63, 3.8) is 0 Å². The largest absolute Gasteiger partial charge is 0.513 e. The fourth-order valence-electron chi connectivity index (χ4n) is 1.85. The van der Waals surface area contributed by atoms with E-state index >= 15 is 0 Å². The van der Waals surface area contributed by atoms with Gasteiger partial charge in [0, 0.05) is 0 Å². The van der Waals surface area contributed by atoms with Crippen LogP contribution in [0.15, 0.2) is 12.1 Å². The van der Waals surface area contributed by atoms with Crippen LogP contribution in [-0.4, -0.2) is 25.5 Å². The first-order valence-electron chi connectivity index (χ1n) is 7.53. The zero-order chi connectivity index (χ0) is 17.6. The summed E-state index contributed by atoms with van der Waals surface area (Å²) in [6, 6.07) is 3.55. The maximum Gasteiger partial charge on any atom is 0.513 e. The number of benzene rings is 1. The van der Waals surface area contributed by atoms with Crippen LogP contribution in [0.25, 0.3) is 0 Å². The van der Waals surface area contributed by atoms with E-state index < -0.39 is 12.3 Å². The van der Waals surface area contributed by atoms with Crippen molar-refractivity contribution < 1.29 is 28.5 Å². The van der Waals surface area contributed by atoms with Crippen LogP contribution in [0, 0.1) is 6.92 Å². The fraction of sp³-hybridized carbons (Fsp3) is 0.529. The zero-order valence-electron chi connectivity index (χ0n) is 14.5. The Morgan fingerprint density at radius 3 is 1.96 bits per heavy atom. The van der Waals surface area contributed by atoms with Crippen molar-refractivity contribution in [3.05, 3.63) is 23.3 Å². The minimum absolute atomic E-state index is 0.126. The summed E-state index contributed by atoms with van der Waals surface area (Å²) in [6.07, 6.45) is -1.71. The van der Waals surface area contributed by atoms with Crippen molar-refractivity contribution in [2.75, 3.05) is 13.2 Å². The molecule has 0 fully saturated rings. The van der Waals surface area contributed by atoms with E-state index in [-0.39, 0.29) is 30.1 Å². The standard InChI is InChI=1S/C17H24O6/c1-7-20-15(18)22-13-10-12(17(4,5)6)9-11(3)14(13)23-16(19)21-8-2/h9-10H,7-8H2,1-6H3. The van der Waals surface area contributed by atoms with Crippen LogP contribution < -0.4 is 9.47 Å². The second-order valence-corrected chi connectivity index (χ2v) is 5.94. The molecule has 0 atom stereocenters. The van der Waals surface area contributed by atoms with Gasteiger partial charge in [-0.25, -0.2) is 9.59 Å². The molecule has 0 saturated heterocycles. The maximum atomic E-state index is 11.6. The van der Waals surface area contributed by atoms with Crippen molar-refractivity contribution in [1.82, 2.24) is 0 Å². The Kier molecular flexibility index (Phi) is 6.42. The van der Waals surface area contributed by atoms with Crippen LogP contribution in [0.4, 0.5) is 9.59 Å². The molecule has 23 heavy (non-hydrogen) atoms. The molecule has 0 radical (unpaired) electrons. The Hall–Kier alpha value is -2.24. The third-order valence-electron chi connectivity index (χ3n) is 3.01. The van der Waals surface area contributed by atoms with Crippen LogP contribution in [0.5, 0.6) is 11.5 Å². The summed E-state index contributed by atoms with van der Waals surface area (Å²) in [5.41, 5.74) is 1.43. The minimum Gasteiger partial charge on any atom is -0.434 e. The minimum atomic E-state index is -0.855. The Morgan fingerprint density at radius 2 is 1.48 bits per heavy atom. The Morgan fingerprint density at radius 1 is 0.957 bits per heavy atom. The summed E-state index contributed by atoms with van der Waals surface area (Å²) in [5, 5.41) is 0. The van der Waals surface area contributed by atoms with E-state index in [4.69, 9.17) is 18.9 Å². The van der Waals surface area contributed by atoms with Gasteiger partial charge < -0.3 is 18.9 Å². The molecule has 6 nitrogen and oxygen atoms in total. The summed E-state index contributed by atoms with van der Waals surface area (Å²) in [5.74, 6) is 0.269. The van der Waals surface area contributed by atoms with E-state index in [0.29, 0.717) is 5.56 Å². The molecule has 6 heteroatoms. The van der Waals surface area contributed by atoms with Crippen molar-refractivity contribution in [2.24, 2.45) is 0 Å². The van der Waals surface area contributed by atoms with Gasteiger partial charge in [-0.15, -0.1) is 0 Å². The highest BCUT2D eigenvalue weighted by atomic mass is 16.7. The molecule has 1 rings (SSSR count). The lowest BCUT2D eigenvalue weighted by atomic mass is 9.86. The summed E-state index contributed by atoms with van der Waals surface area (Å²) >= 11 is 0. The number of aryl methyl sites for hydroxylation is 1. The molecule has 0 saturated carbocycles. The predicted octanol–water partition coefficient (Wildman–Crippen LogP) is 4.36. The topological polar surface area (TPSA) is 71.1 Å². The number of carbonyl (C=O) groups excluding carboxylic acids is 2. The third kappa shape index (κ3) is 5.47. The van der Waals surface area contributed by atoms with Gasteiger partial charge in [-0.1, -0.05) is 26.8 Å². The highest BCUT2D eigenvalue weighted by Gasteiger charge is 2.23. The lowest BCUT2D eigenvalue weighted by Gasteiger charge is -2.22. The van der Waals surface area contributed by atoms with E-state index in [2.05, 4.69) is 0 Å². The average Bonchev–Trinajstić information content (AvgIpc) is 2.41. The monoisotopic (exact) mass is 324 g/mol. The van der Waals surface area contributed by atoms with Crippen LogP contribution in [-0.2, 0) is 14.9 Å². The van der Waals surface area contributed by atoms with Crippen LogP contribution in [0.2, 0.25) is 0 Å². The molecule has 0 aliphatic carbocycles.